The molecule has 1 unspecified atom stereocenters. The predicted molar refractivity (Wildman–Crippen MR) is 57.5 cm³/mol. The molecule has 3 N–H and O–H groups in total. The third-order valence-corrected chi connectivity index (χ3v) is 2.39. The minimum Gasteiger partial charge on any atom is -0.370 e. The van der Waals surface area contributed by atoms with Gasteiger partial charge in [-0.3, -0.25) is 9.59 Å². The van der Waals surface area contributed by atoms with Crippen molar-refractivity contribution in [2.45, 2.75) is 19.1 Å². The summed E-state index contributed by atoms with van der Waals surface area (Å²) in [5.74, 6) is -0.880. The average molecular weight is 220 g/mol. The fourth-order valence-corrected chi connectivity index (χ4v) is 1.58. The molecule has 0 bridgehead atoms. The molecule has 0 saturated heterocycles. The molecule has 0 spiro atoms. The molecule has 0 aliphatic carbocycles. The molecular weight excluding hydrogens is 208 g/mol. The largest absolute Gasteiger partial charge is 0.370 e. The number of amides is 2. The molecule has 84 valence electrons. The van der Waals surface area contributed by atoms with Gasteiger partial charge in [0.1, 0.15) is 6.10 Å². The first-order valence-corrected chi connectivity index (χ1v) is 4.95. The van der Waals surface area contributed by atoms with E-state index < -0.39 is 12.0 Å². The number of fused-ring (bicyclic) bond motifs is 1. The summed E-state index contributed by atoms with van der Waals surface area (Å²) in [5.41, 5.74) is 6.66. The molecule has 1 heterocycles. The molecule has 1 aliphatic rings. The normalized spacial score (nSPS) is 19.5. The first-order valence-electron chi connectivity index (χ1n) is 4.95. The lowest BCUT2D eigenvalue weighted by molar-refractivity contribution is -0.133. The zero-order valence-electron chi connectivity index (χ0n) is 8.60. The van der Waals surface area contributed by atoms with Crippen LogP contribution in [0.5, 0.6) is 0 Å². The minimum absolute atomic E-state index is 0.0974. The van der Waals surface area contributed by atoms with Crippen LogP contribution in [-0.2, 0) is 20.9 Å². The first kappa shape index (κ1) is 10.6. The van der Waals surface area contributed by atoms with E-state index in [4.69, 9.17) is 10.5 Å². The van der Waals surface area contributed by atoms with Crippen molar-refractivity contribution in [2.24, 2.45) is 5.73 Å². The second-order valence-electron chi connectivity index (χ2n) is 3.62. The van der Waals surface area contributed by atoms with Gasteiger partial charge < -0.3 is 15.8 Å². The maximum Gasteiger partial charge on any atom is 0.254 e. The molecule has 0 fully saturated rings. The van der Waals surface area contributed by atoms with Gasteiger partial charge in [0.2, 0.25) is 5.91 Å². The minimum atomic E-state index is -0.801. The molecular formula is C11H12N2O3. The van der Waals surface area contributed by atoms with Crippen LogP contribution in [0.4, 0.5) is 5.69 Å². The lowest BCUT2D eigenvalue weighted by atomic mass is 10.2. The van der Waals surface area contributed by atoms with Gasteiger partial charge in [-0.15, -0.1) is 0 Å². The van der Waals surface area contributed by atoms with Crippen molar-refractivity contribution in [3.8, 4) is 0 Å². The summed E-state index contributed by atoms with van der Waals surface area (Å²) in [6.07, 6.45) is -0.898. The lowest BCUT2D eigenvalue weighted by Crippen LogP contribution is -2.32. The van der Waals surface area contributed by atoms with Gasteiger partial charge in [-0.05, 0) is 6.07 Å². The highest BCUT2D eigenvalue weighted by Crippen LogP contribution is 2.21. The molecule has 1 aliphatic heterocycles. The van der Waals surface area contributed by atoms with E-state index in [1.165, 1.54) is 0 Å². The van der Waals surface area contributed by atoms with Crippen LogP contribution >= 0.6 is 0 Å². The van der Waals surface area contributed by atoms with Crippen molar-refractivity contribution in [1.82, 2.24) is 0 Å². The monoisotopic (exact) mass is 220 g/mol. The number of primary amides is 1. The van der Waals surface area contributed by atoms with E-state index >= 15 is 0 Å². The van der Waals surface area contributed by atoms with Crippen molar-refractivity contribution in [3.05, 3.63) is 29.8 Å². The molecule has 0 aromatic heterocycles. The molecule has 1 aromatic rings. The Hall–Kier alpha value is -1.88. The lowest BCUT2D eigenvalue weighted by Gasteiger charge is -2.10. The van der Waals surface area contributed by atoms with Crippen molar-refractivity contribution < 1.29 is 14.3 Å². The third-order valence-electron chi connectivity index (χ3n) is 2.39. The molecule has 1 aromatic carbocycles. The molecule has 2 rings (SSSR count). The van der Waals surface area contributed by atoms with Crippen LogP contribution in [0.1, 0.15) is 12.0 Å². The number of para-hydroxylation sites is 1. The number of rotatable bonds is 2. The maximum absolute atomic E-state index is 11.7. The summed E-state index contributed by atoms with van der Waals surface area (Å²) in [5, 5.41) is 2.71. The Morgan fingerprint density at radius 2 is 2.25 bits per heavy atom. The van der Waals surface area contributed by atoms with Crippen LogP contribution in [-0.4, -0.2) is 17.9 Å². The first-order chi connectivity index (χ1) is 7.66. The summed E-state index contributed by atoms with van der Waals surface area (Å²) in [7, 11) is 0. The van der Waals surface area contributed by atoms with Crippen LogP contribution in [0.2, 0.25) is 0 Å². The van der Waals surface area contributed by atoms with Crippen LogP contribution in [0.3, 0.4) is 0 Å². The predicted octanol–water partition coefficient (Wildman–Crippen LogP) is 0.399. The zero-order valence-corrected chi connectivity index (χ0v) is 8.60. The van der Waals surface area contributed by atoms with E-state index in [1.54, 1.807) is 6.07 Å². The Balaban J connectivity index is 2.18. The van der Waals surface area contributed by atoms with E-state index in [1.807, 2.05) is 18.2 Å². The quantitative estimate of drug-likeness (QED) is 0.756. The van der Waals surface area contributed by atoms with E-state index in [2.05, 4.69) is 5.32 Å². The van der Waals surface area contributed by atoms with Gasteiger partial charge in [0, 0.05) is 11.3 Å². The number of anilines is 1. The zero-order chi connectivity index (χ0) is 11.5. The second-order valence-corrected chi connectivity index (χ2v) is 3.62. The number of nitrogens with two attached hydrogens (primary N) is 1. The Morgan fingerprint density at radius 1 is 1.50 bits per heavy atom. The van der Waals surface area contributed by atoms with Crippen LogP contribution in [0, 0.1) is 0 Å². The van der Waals surface area contributed by atoms with Gasteiger partial charge in [0.05, 0.1) is 13.0 Å². The summed E-state index contributed by atoms with van der Waals surface area (Å²) < 4.78 is 5.34. The molecule has 0 saturated carbocycles. The van der Waals surface area contributed by atoms with Crippen molar-refractivity contribution in [3.63, 3.8) is 0 Å². The Kier molecular flexibility index (Phi) is 2.87. The third kappa shape index (κ3) is 2.20. The van der Waals surface area contributed by atoms with E-state index in [9.17, 15) is 9.59 Å². The van der Waals surface area contributed by atoms with Crippen molar-refractivity contribution >= 4 is 17.5 Å². The van der Waals surface area contributed by atoms with E-state index in [0.717, 1.165) is 11.3 Å². The van der Waals surface area contributed by atoms with Crippen molar-refractivity contribution in [1.29, 1.82) is 0 Å². The Labute approximate surface area is 92.6 Å². The van der Waals surface area contributed by atoms with Gasteiger partial charge in [-0.25, -0.2) is 0 Å². The number of benzene rings is 1. The maximum atomic E-state index is 11.7. The van der Waals surface area contributed by atoms with Gasteiger partial charge >= 0.3 is 0 Å². The molecule has 0 radical (unpaired) electrons. The molecule has 5 nitrogen and oxygen atoms in total. The van der Waals surface area contributed by atoms with Crippen LogP contribution < -0.4 is 11.1 Å². The molecule has 5 heteroatoms. The highest BCUT2D eigenvalue weighted by Gasteiger charge is 2.25. The van der Waals surface area contributed by atoms with Crippen LogP contribution in [0.25, 0.3) is 0 Å². The van der Waals surface area contributed by atoms with Gasteiger partial charge in [-0.1, -0.05) is 18.2 Å². The van der Waals surface area contributed by atoms with Gasteiger partial charge in [0.25, 0.3) is 5.91 Å². The summed E-state index contributed by atoms with van der Waals surface area (Å²) in [4.78, 5) is 22.4. The number of carbonyl (C=O) groups is 2. The van der Waals surface area contributed by atoms with Crippen LogP contribution in [0.15, 0.2) is 24.3 Å². The number of carbonyl (C=O) groups excluding carboxylic acids is 2. The highest BCUT2D eigenvalue weighted by atomic mass is 16.5. The fraction of sp³-hybridized carbons (Fsp3) is 0.273. The molecule has 16 heavy (non-hydrogen) atoms. The smallest absolute Gasteiger partial charge is 0.254 e. The van der Waals surface area contributed by atoms with Gasteiger partial charge in [0.15, 0.2) is 0 Å². The van der Waals surface area contributed by atoms with E-state index in [-0.39, 0.29) is 12.3 Å². The van der Waals surface area contributed by atoms with Crippen molar-refractivity contribution in [2.75, 3.05) is 5.32 Å². The summed E-state index contributed by atoms with van der Waals surface area (Å²) in [6.45, 7) is 0.298. The Bertz CT molecular complexity index is 431. The number of ether oxygens (including phenoxy) is 1. The number of nitrogens with one attached hydrogen (secondary N) is 1. The number of hydrogen-bond donors (Lipinski definition) is 2. The van der Waals surface area contributed by atoms with E-state index in [0.29, 0.717) is 6.61 Å². The summed E-state index contributed by atoms with van der Waals surface area (Å²) in [6, 6.07) is 7.35. The van der Waals surface area contributed by atoms with Gasteiger partial charge in [-0.2, -0.15) is 0 Å². The highest BCUT2D eigenvalue weighted by molar-refractivity contribution is 5.97. The average Bonchev–Trinajstić information content (AvgIpc) is 2.39. The SMILES string of the molecule is NC(=O)CC1OCc2ccccc2NC1=O. The topological polar surface area (TPSA) is 81.4 Å². The molecule has 2 amide bonds. The molecule has 1 atom stereocenters. The summed E-state index contributed by atoms with van der Waals surface area (Å²) >= 11 is 0. The fourth-order valence-electron chi connectivity index (χ4n) is 1.58. The Morgan fingerprint density at radius 3 is 3.00 bits per heavy atom. The number of hydrogen-bond acceptors (Lipinski definition) is 3. The standard InChI is InChI=1S/C11H12N2O3/c12-10(14)5-9-11(15)13-8-4-2-1-3-7(8)6-16-9/h1-4,9H,5-6H2,(H2,12,14)(H,13,15). The second kappa shape index (κ2) is 4.32.